The highest BCUT2D eigenvalue weighted by Crippen LogP contribution is 2.32. The second-order valence-electron chi connectivity index (χ2n) is 6.49. The highest BCUT2D eigenvalue weighted by molar-refractivity contribution is 7.92. The molecule has 0 heterocycles. The molecule has 1 N–H and O–H groups in total. The van der Waals surface area contributed by atoms with E-state index in [1.165, 1.54) is 13.0 Å². The van der Waals surface area contributed by atoms with Crippen LogP contribution in [0.1, 0.15) is 23.6 Å². The van der Waals surface area contributed by atoms with Gasteiger partial charge in [-0.3, -0.25) is 9.10 Å². The minimum Gasteiger partial charge on any atom is -0.350 e. The molecular formula is C19H21F3N2O3S. The predicted octanol–water partition coefficient (Wildman–Crippen LogP) is 3.48. The van der Waals surface area contributed by atoms with Crippen LogP contribution >= 0.6 is 0 Å². The molecule has 2 aromatic rings. The Morgan fingerprint density at radius 1 is 1.14 bits per heavy atom. The number of carbonyl (C=O) groups is 1. The number of alkyl halides is 3. The molecule has 0 radical (unpaired) electrons. The summed E-state index contributed by atoms with van der Waals surface area (Å²) in [6, 6.07) is 10.0. The Bertz CT molecular complexity index is 959. The largest absolute Gasteiger partial charge is 0.416 e. The molecule has 1 amide bonds. The molecular weight excluding hydrogens is 393 g/mol. The van der Waals surface area contributed by atoms with E-state index >= 15 is 0 Å². The van der Waals surface area contributed by atoms with Gasteiger partial charge in [0.15, 0.2) is 0 Å². The van der Waals surface area contributed by atoms with Gasteiger partial charge in [0.05, 0.1) is 17.5 Å². The zero-order valence-electron chi connectivity index (χ0n) is 15.6. The van der Waals surface area contributed by atoms with E-state index in [1.807, 2.05) is 25.1 Å². The van der Waals surface area contributed by atoms with Crippen molar-refractivity contribution in [2.75, 3.05) is 10.6 Å². The van der Waals surface area contributed by atoms with Crippen molar-refractivity contribution in [2.24, 2.45) is 0 Å². The SMILES string of the molecule is Cc1cccc(CNC(=O)[C@@H](C)N(c2cccc(C(F)(F)F)c2)S(C)(=O)=O)c1. The van der Waals surface area contributed by atoms with Crippen LogP contribution < -0.4 is 9.62 Å². The van der Waals surface area contributed by atoms with Gasteiger partial charge in [0.1, 0.15) is 6.04 Å². The Labute approximate surface area is 162 Å². The van der Waals surface area contributed by atoms with Crippen molar-refractivity contribution in [3.05, 3.63) is 65.2 Å². The zero-order chi connectivity index (χ0) is 21.1. The third kappa shape index (κ3) is 5.48. The lowest BCUT2D eigenvalue weighted by molar-refractivity contribution is -0.137. The second kappa shape index (κ2) is 8.22. The van der Waals surface area contributed by atoms with E-state index < -0.39 is 33.7 Å². The molecule has 0 aliphatic carbocycles. The average molecular weight is 414 g/mol. The van der Waals surface area contributed by atoms with E-state index in [9.17, 15) is 26.4 Å². The summed E-state index contributed by atoms with van der Waals surface area (Å²) in [4.78, 5) is 12.5. The lowest BCUT2D eigenvalue weighted by Crippen LogP contribution is -2.47. The van der Waals surface area contributed by atoms with E-state index in [1.54, 1.807) is 6.07 Å². The van der Waals surface area contributed by atoms with Crippen molar-refractivity contribution < 1.29 is 26.4 Å². The fraction of sp³-hybridized carbons (Fsp3) is 0.316. The molecule has 0 bridgehead atoms. The number of carbonyl (C=O) groups excluding carboxylic acids is 1. The smallest absolute Gasteiger partial charge is 0.350 e. The number of hydrogen-bond acceptors (Lipinski definition) is 3. The lowest BCUT2D eigenvalue weighted by atomic mass is 10.1. The minimum atomic E-state index is -4.63. The van der Waals surface area contributed by atoms with Crippen LogP contribution in [0.4, 0.5) is 18.9 Å². The van der Waals surface area contributed by atoms with Crippen molar-refractivity contribution in [1.82, 2.24) is 5.32 Å². The van der Waals surface area contributed by atoms with Crippen LogP contribution in [0, 0.1) is 6.92 Å². The van der Waals surface area contributed by atoms with E-state index in [-0.39, 0.29) is 12.2 Å². The third-order valence-electron chi connectivity index (χ3n) is 4.07. The first kappa shape index (κ1) is 21.7. The molecule has 1 atom stereocenters. The summed E-state index contributed by atoms with van der Waals surface area (Å²) in [5.41, 5.74) is 0.605. The zero-order valence-corrected chi connectivity index (χ0v) is 16.4. The number of amides is 1. The maximum absolute atomic E-state index is 13.0. The fourth-order valence-electron chi connectivity index (χ4n) is 2.79. The molecule has 0 aliphatic heterocycles. The molecule has 0 saturated carbocycles. The van der Waals surface area contributed by atoms with Crippen LogP contribution in [0.15, 0.2) is 48.5 Å². The van der Waals surface area contributed by atoms with Crippen molar-refractivity contribution in [3.8, 4) is 0 Å². The van der Waals surface area contributed by atoms with Crippen LogP contribution in [0.25, 0.3) is 0 Å². The number of nitrogens with zero attached hydrogens (tertiary/aromatic N) is 1. The van der Waals surface area contributed by atoms with E-state index in [2.05, 4.69) is 5.32 Å². The summed E-state index contributed by atoms with van der Waals surface area (Å²) >= 11 is 0. The summed E-state index contributed by atoms with van der Waals surface area (Å²) in [6.45, 7) is 3.39. The fourth-order valence-corrected chi connectivity index (χ4v) is 3.95. The average Bonchev–Trinajstić information content (AvgIpc) is 2.58. The van der Waals surface area contributed by atoms with Crippen molar-refractivity contribution in [3.63, 3.8) is 0 Å². The van der Waals surface area contributed by atoms with Crippen LogP contribution in [0.3, 0.4) is 0 Å². The number of aryl methyl sites for hydroxylation is 1. The molecule has 28 heavy (non-hydrogen) atoms. The maximum atomic E-state index is 13.0. The van der Waals surface area contributed by atoms with Crippen LogP contribution in [-0.4, -0.2) is 26.6 Å². The number of benzene rings is 2. The normalized spacial score (nSPS) is 13.1. The number of hydrogen-bond donors (Lipinski definition) is 1. The van der Waals surface area contributed by atoms with E-state index in [0.717, 1.165) is 29.5 Å². The molecule has 2 aromatic carbocycles. The maximum Gasteiger partial charge on any atom is 0.416 e. The topological polar surface area (TPSA) is 66.5 Å². The molecule has 0 saturated heterocycles. The van der Waals surface area contributed by atoms with Gasteiger partial charge in [0.2, 0.25) is 15.9 Å². The summed E-state index contributed by atoms with van der Waals surface area (Å²) in [6.07, 6.45) is -3.78. The van der Waals surface area contributed by atoms with Gasteiger partial charge in [-0.05, 0) is 37.6 Å². The first-order chi connectivity index (χ1) is 12.9. The number of rotatable bonds is 6. The number of sulfonamides is 1. The molecule has 0 spiro atoms. The first-order valence-electron chi connectivity index (χ1n) is 8.39. The Balaban J connectivity index is 2.27. The monoisotopic (exact) mass is 414 g/mol. The predicted molar refractivity (Wildman–Crippen MR) is 101 cm³/mol. The Morgan fingerprint density at radius 3 is 2.36 bits per heavy atom. The van der Waals surface area contributed by atoms with Gasteiger partial charge < -0.3 is 5.32 Å². The Kier molecular flexibility index (Phi) is 6.38. The molecule has 0 aliphatic rings. The molecule has 9 heteroatoms. The van der Waals surface area contributed by atoms with Crippen LogP contribution in [0.5, 0.6) is 0 Å². The van der Waals surface area contributed by atoms with Crippen LogP contribution in [-0.2, 0) is 27.5 Å². The van der Waals surface area contributed by atoms with Gasteiger partial charge in [-0.1, -0.05) is 35.9 Å². The molecule has 5 nitrogen and oxygen atoms in total. The highest BCUT2D eigenvalue weighted by atomic mass is 32.2. The quantitative estimate of drug-likeness (QED) is 0.787. The number of halogens is 3. The van der Waals surface area contributed by atoms with Gasteiger partial charge in [-0.2, -0.15) is 13.2 Å². The highest BCUT2D eigenvalue weighted by Gasteiger charge is 2.34. The lowest BCUT2D eigenvalue weighted by Gasteiger charge is -2.28. The number of anilines is 1. The third-order valence-corrected chi connectivity index (χ3v) is 5.31. The summed E-state index contributed by atoms with van der Waals surface area (Å²) < 4.78 is 64.1. The van der Waals surface area contributed by atoms with E-state index in [0.29, 0.717) is 10.4 Å². The van der Waals surface area contributed by atoms with E-state index in [4.69, 9.17) is 0 Å². The van der Waals surface area contributed by atoms with Gasteiger partial charge in [-0.25, -0.2) is 8.42 Å². The van der Waals surface area contributed by atoms with Gasteiger partial charge >= 0.3 is 6.18 Å². The Hall–Kier alpha value is -2.55. The van der Waals surface area contributed by atoms with Gasteiger partial charge in [0, 0.05) is 6.54 Å². The summed E-state index contributed by atoms with van der Waals surface area (Å²) in [5.74, 6) is -0.621. The Morgan fingerprint density at radius 2 is 1.79 bits per heavy atom. The van der Waals surface area contributed by atoms with Gasteiger partial charge in [0.25, 0.3) is 0 Å². The number of nitrogens with one attached hydrogen (secondary N) is 1. The second-order valence-corrected chi connectivity index (χ2v) is 8.35. The first-order valence-corrected chi connectivity index (χ1v) is 10.2. The standard InChI is InChI=1S/C19H21F3N2O3S/c1-13-6-4-7-15(10-13)12-23-18(25)14(2)24(28(3,26)27)17-9-5-8-16(11-17)19(20,21)22/h4-11,14H,12H2,1-3H3,(H,23,25)/t14-/m1/s1. The summed E-state index contributed by atoms with van der Waals surface area (Å²) in [5, 5.41) is 2.63. The molecule has 2 rings (SSSR count). The van der Waals surface area contributed by atoms with Crippen molar-refractivity contribution >= 4 is 21.6 Å². The van der Waals surface area contributed by atoms with Crippen LogP contribution in [0.2, 0.25) is 0 Å². The summed E-state index contributed by atoms with van der Waals surface area (Å²) in [7, 11) is -4.01. The van der Waals surface area contributed by atoms with Crippen molar-refractivity contribution in [2.45, 2.75) is 32.6 Å². The molecule has 0 unspecified atom stereocenters. The molecule has 0 fully saturated rings. The minimum absolute atomic E-state index is 0.172. The molecule has 0 aromatic heterocycles. The van der Waals surface area contributed by atoms with Gasteiger partial charge in [-0.15, -0.1) is 0 Å². The molecule has 152 valence electrons. The van der Waals surface area contributed by atoms with Crippen molar-refractivity contribution in [1.29, 1.82) is 0 Å².